The molecule has 0 aliphatic rings. The van der Waals surface area contributed by atoms with Gasteiger partial charge >= 0.3 is 0 Å². The molecule has 2 rings (SSSR count). The maximum Gasteiger partial charge on any atom is 0.256 e. The number of para-hydroxylation sites is 1. The number of hydrogen-bond acceptors (Lipinski definition) is 3. The summed E-state index contributed by atoms with van der Waals surface area (Å²) in [6.45, 7) is 3.88. The van der Waals surface area contributed by atoms with Crippen LogP contribution in [-0.2, 0) is 11.3 Å². The van der Waals surface area contributed by atoms with E-state index in [2.05, 4.69) is 4.98 Å². The Morgan fingerprint density at radius 3 is 2.30 bits per heavy atom. The van der Waals surface area contributed by atoms with Crippen LogP contribution in [0.1, 0.15) is 19.5 Å². The molecule has 0 saturated carbocycles. The number of alkyl halides is 1. The Morgan fingerprint density at radius 2 is 1.70 bits per heavy atom. The summed E-state index contributed by atoms with van der Waals surface area (Å²) >= 11 is 5.98. The number of pyridine rings is 1. The van der Waals surface area contributed by atoms with Crippen molar-refractivity contribution in [1.29, 1.82) is 0 Å². The van der Waals surface area contributed by atoms with Crippen molar-refractivity contribution in [2.45, 2.75) is 25.3 Å². The van der Waals surface area contributed by atoms with Gasteiger partial charge < -0.3 is 9.47 Å². The number of ether oxygens (including phenoxy) is 2. The molecular formula is C16H15ClF3NO2. The second-order valence-corrected chi connectivity index (χ2v) is 6.48. The molecule has 3 nitrogen and oxygen atoms in total. The molecule has 0 saturated heterocycles. The molecule has 0 spiro atoms. The maximum absolute atomic E-state index is 13.7. The summed E-state index contributed by atoms with van der Waals surface area (Å²) in [6.07, 6.45) is 0. The molecule has 1 aromatic heterocycles. The van der Waals surface area contributed by atoms with Crippen LogP contribution in [-0.4, -0.2) is 16.5 Å². The predicted octanol–water partition coefficient (Wildman–Crippen LogP) is 4.83. The number of nitrogens with zero attached hydrogens (tertiary/aromatic N) is 1. The summed E-state index contributed by atoms with van der Waals surface area (Å²) in [5.74, 6) is -3.97. The minimum absolute atomic E-state index is 0.0620. The van der Waals surface area contributed by atoms with E-state index >= 15 is 0 Å². The van der Waals surface area contributed by atoms with Gasteiger partial charge in [-0.2, -0.15) is 0 Å². The lowest BCUT2D eigenvalue weighted by Crippen LogP contribution is -2.19. The number of hydrogen-bond donors (Lipinski definition) is 0. The standard InChI is InChI=1S/C16H15ClF3NO2/c1-16(2,17)9-22-8-10-6-7-13(20)15(21-10)23-14-11(18)4-3-5-12(14)19/h3-7H,8-9H2,1-2H3. The van der Waals surface area contributed by atoms with Gasteiger partial charge in [-0.25, -0.2) is 18.2 Å². The Balaban J connectivity index is 2.15. The molecule has 0 fully saturated rings. The Labute approximate surface area is 137 Å². The van der Waals surface area contributed by atoms with E-state index in [1.54, 1.807) is 13.8 Å². The molecular weight excluding hydrogens is 331 g/mol. The Hall–Kier alpha value is -1.79. The van der Waals surface area contributed by atoms with Crippen molar-refractivity contribution in [3.05, 3.63) is 53.5 Å². The third kappa shape index (κ3) is 5.11. The first-order chi connectivity index (χ1) is 10.8. The van der Waals surface area contributed by atoms with Crippen LogP contribution in [0.2, 0.25) is 0 Å². The summed E-state index contributed by atoms with van der Waals surface area (Å²) in [5, 5.41) is 0. The minimum Gasteiger partial charge on any atom is -0.430 e. The SMILES string of the molecule is CC(C)(Cl)COCc1ccc(F)c(Oc2c(F)cccc2F)n1. The number of benzene rings is 1. The fourth-order valence-electron chi connectivity index (χ4n) is 1.69. The highest BCUT2D eigenvalue weighted by molar-refractivity contribution is 6.23. The van der Waals surface area contributed by atoms with Gasteiger partial charge in [-0.05, 0) is 38.1 Å². The van der Waals surface area contributed by atoms with Crippen molar-refractivity contribution >= 4 is 11.6 Å². The van der Waals surface area contributed by atoms with E-state index in [4.69, 9.17) is 21.1 Å². The van der Waals surface area contributed by atoms with E-state index in [1.807, 2.05) is 0 Å². The smallest absolute Gasteiger partial charge is 0.256 e. The van der Waals surface area contributed by atoms with Crippen LogP contribution in [0.25, 0.3) is 0 Å². The molecule has 2 aromatic rings. The summed E-state index contributed by atoms with van der Waals surface area (Å²) in [4.78, 5) is 3.32. The van der Waals surface area contributed by atoms with E-state index in [9.17, 15) is 13.2 Å². The molecule has 0 N–H and O–H groups in total. The van der Waals surface area contributed by atoms with Gasteiger partial charge in [0.15, 0.2) is 17.5 Å². The molecule has 0 amide bonds. The normalized spacial score (nSPS) is 11.6. The van der Waals surface area contributed by atoms with Crippen molar-refractivity contribution in [2.75, 3.05) is 6.61 Å². The van der Waals surface area contributed by atoms with Crippen molar-refractivity contribution < 1.29 is 22.6 Å². The Morgan fingerprint density at radius 1 is 1.04 bits per heavy atom. The maximum atomic E-state index is 13.7. The van der Waals surface area contributed by atoms with Crippen molar-refractivity contribution in [1.82, 2.24) is 4.98 Å². The van der Waals surface area contributed by atoms with E-state index < -0.39 is 34.0 Å². The fraction of sp³-hybridized carbons (Fsp3) is 0.312. The molecule has 1 heterocycles. The molecule has 23 heavy (non-hydrogen) atoms. The zero-order valence-electron chi connectivity index (χ0n) is 12.6. The second-order valence-electron chi connectivity index (χ2n) is 5.45. The van der Waals surface area contributed by atoms with Crippen molar-refractivity contribution in [2.24, 2.45) is 0 Å². The van der Waals surface area contributed by atoms with Gasteiger partial charge in [-0.15, -0.1) is 11.6 Å². The molecule has 0 aliphatic heterocycles. The van der Waals surface area contributed by atoms with Crippen LogP contribution in [0.3, 0.4) is 0 Å². The zero-order chi connectivity index (χ0) is 17.0. The van der Waals surface area contributed by atoms with Gasteiger partial charge in [0.2, 0.25) is 5.75 Å². The summed E-state index contributed by atoms with van der Waals surface area (Å²) in [5.41, 5.74) is 0.346. The number of rotatable bonds is 6. The third-order valence-electron chi connectivity index (χ3n) is 2.68. The highest BCUT2D eigenvalue weighted by Crippen LogP contribution is 2.28. The van der Waals surface area contributed by atoms with Gasteiger partial charge in [-0.3, -0.25) is 0 Å². The molecule has 0 aliphatic carbocycles. The monoisotopic (exact) mass is 345 g/mol. The zero-order valence-corrected chi connectivity index (χ0v) is 13.3. The van der Waals surface area contributed by atoms with Gasteiger partial charge in [0.25, 0.3) is 5.88 Å². The molecule has 0 atom stereocenters. The summed E-state index contributed by atoms with van der Waals surface area (Å²) < 4.78 is 51.1. The van der Waals surface area contributed by atoms with Crippen LogP contribution in [0.4, 0.5) is 13.2 Å². The average Bonchev–Trinajstić information content (AvgIpc) is 2.44. The molecule has 7 heteroatoms. The van der Waals surface area contributed by atoms with Crippen LogP contribution in [0.5, 0.6) is 11.6 Å². The Kier molecular flexibility index (Phi) is 5.49. The predicted molar refractivity (Wildman–Crippen MR) is 80.2 cm³/mol. The number of halogens is 4. The van der Waals surface area contributed by atoms with Gasteiger partial charge in [-0.1, -0.05) is 6.07 Å². The van der Waals surface area contributed by atoms with Crippen LogP contribution < -0.4 is 4.74 Å². The second kappa shape index (κ2) is 7.19. The van der Waals surface area contributed by atoms with E-state index in [1.165, 1.54) is 12.1 Å². The first-order valence-corrected chi connectivity index (χ1v) is 7.18. The third-order valence-corrected chi connectivity index (χ3v) is 2.79. The van der Waals surface area contributed by atoms with Crippen LogP contribution in [0, 0.1) is 17.5 Å². The minimum atomic E-state index is -0.947. The first-order valence-electron chi connectivity index (χ1n) is 6.80. The average molecular weight is 346 g/mol. The lowest BCUT2D eigenvalue weighted by atomic mass is 10.2. The lowest BCUT2D eigenvalue weighted by molar-refractivity contribution is 0.102. The van der Waals surface area contributed by atoms with E-state index in [0.717, 1.165) is 18.2 Å². The highest BCUT2D eigenvalue weighted by atomic mass is 35.5. The first kappa shape index (κ1) is 17.6. The van der Waals surface area contributed by atoms with Crippen molar-refractivity contribution in [3.63, 3.8) is 0 Å². The van der Waals surface area contributed by atoms with E-state index in [-0.39, 0.29) is 13.2 Å². The largest absolute Gasteiger partial charge is 0.430 e. The lowest BCUT2D eigenvalue weighted by Gasteiger charge is -2.15. The van der Waals surface area contributed by atoms with Crippen molar-refractivity contribution in [3.8, 4) is 11.6 Å². The van der Waals surface area contributed by atoms with Gasteiger partial charge in [0, 0.05) is 0 Å². The summed E-state index contributed by atoms with van der Waals surface area (Å²) in [6, 6.07) is 5.67. The molecule has 0 radical (unpaired) electrons. The molecule has 0 unspecified atom stereocenters. The molecule has 1 aromatic carbocycles. The summed E-state index contributed by atoms with van der Waals surface area (Å²) in [7, 11) is 0. The molecule has 124 valence electrons. The fourth-order valence-corrected chi connectivity index (χ4v) is 1.77. The number of aromatic nitrogens is 1. The van der Waals surface area contributed by atoms with Gasteiger partial charge in [0.1, 0.15) is 0 Å². The topological polar surface area (TPSA) is 31.4 Å². The highest BCUT2D eigenvalue weighted by Gasteiger charge is 2.16. The van der Waals surface area contributed by atoms with E-state index in [0.29, 0.717) is 5.69 Å². The van der Waals surface area contributed by atoms with Crippen LogP contribution >= 0.6 is 11.6 Å². The van der Waals surface area contributed by atoms with Gasteiger partial charge in [0.05, 0.1) is 23.8 Å². The van der Waals surface area contributed by atoms with Crippen LogP contribution in [0.15, 0.2) is 30.3 Å². The quantitative estimate of drug-likeness (QED) is 0.703. The molecule has 0 bridgehead atoms. The Bertz CT molecular complexity index is 669.